The lowest BCUT2D eigenvalue weighted by Crippen LogP contribution is -1.96. The van der Waals surface area contributed by atoms with Crippen LogP contribution in [0.4, 0.5) is 5.82 Å². The standard InChI is InChI=1S/C14H12Cl3N3O2/c1-2-22-12-5-8(3-4-11(12)21)7-18-20-14-10(16)6-9(15)13(17)19-14/h3-7,21H,2H2,1H3,(H,19,20). The number of hydrazone groups is 1. The Balaban J connectivity index is 2.13. The zero-order valence-electron chi connectivity index (χ0n) is 11.5. The number of phenols is 1. The third-order valence-electron chi connectivity index (χ3n) is 2.55. The van der Waals surface area contributed by atoms with Gasteiger partial charge in [0.15, 0.2) is 17.3 Å². The molecule has 0 radical (unpaired) electrons. The number of rotatable bonds is 5. The van der Waals surface area contributed by atoms with Crippen molar-refractivity contribution >= 4 is 46.8 Å². The largest absolute Gasteiger partial charge is 0.504 e. The summed E-state index contributed by atoms with van der Waals surface area (Å²) in [5.41, 5.74) is 3.40. The van der Waals surface area contributed by atoms with Crippen molar-refractivity contribution in [2.45, 2.75) is 6.92 Å². The van der Waals surface area contributed by atoms with Crippen LogP contribution in [0.5, 0.6) is 11.5 Å². The molecular formula is C14H12Cl3N3O2. The van der Waals surface area contributed by atoms with E-state index >= 15 is 0 Å². The number of phenolic OH excluding ortho intramolecular Hbond substituents is 1. The molecule has 0 amide bonds. The molecule has 5 nitrogen and oxygen atoms in total. The van der Waals surface area contributed by atoms with Crippen LogP contribution in [-0.4, -0.2) is 22.9 Å². The molecule has 8 heteroatoms. The van der Waals surface area contributed by atoms with Crippen molar-refractivity contribution in [2.75, 3.05) is 12.0 Å². The quantitative estimate of drug-likeness (QED) is 0.465. The highest BCUT2D eigenvalue weighted by molar-refractivity contribution is 6.42. The van der Waals surface area contributed by atoms with Gasteiger partial charge in [0.25, 0.3) is 0 Å². The number of nitrogens with zero attached hydrogens (tertiary/aromatic N) is 2. The van der Waals surface area contributed by atoms with Crippen molar-refractivity contribution in [1.82, 2.24) is 4.98 Å². The molecule has 0 saturated carbocycles. The topological polar surface area (TPSA) is 66.7 Å². The lowest BCUT2D eigenvalue weighted by molar-refractivity contribution is 0.318. The molecule has 0 unspecified atom stereocenters. The fourth-order valence-electron chi connectivity index (χ4n) is 1.57. The lowest BCUT2D eigenvalue weighted by atomic mass is 10.2. The molecule has 2 N–H and O–H groups in total. The van der Waals surface area contributed by atoms with Gasteiger partial charge < -0.3 is 9.84 Å². The van der Waals surface area contributed by atoms with Crippen molar-refractivity contribution in [2.24, 2.45) is 5.10 Å². The first-order valence-electron chi connectivity index (χ1n) is 6.27. The lowest BCUT2D eigenvalue weighted by Gasteiger charge is -2.06. The molecule has 0 aliphatic carbocycles. The molecule has 116 valence electrons. The molecule has 0 aliphatic heterocycles. The van der Waals surface area contributed by atoms with Crippen LogP contribution in [0.3, 0.4) is 0 Å². The van der Waals surface area contributed by atoms with E-state index in [4.69, 9.17) is 39.5 Å². The Morgan fingerprint density at radius 2 is 2.05 bits per heavy atom. The Morgan fingerprint density at radius 3 is 2.77 bits per heavy atom. The van der Waals surface area contributed by atoms with Gasteiger partial charge in [-0.2, -0.15) is 5.10 Å². The average molecular weight is 361 g/mol. The minimum atomic E-state index is 0.0705. The maximum Gasteiger partial charge on any atom is 0.166 e. The fourth-order valence-corrected chi connectivity index (χ4v) is 2.11. The third kappa shape index (κ3) is 4.16. The van der Waals surface area contributed by atoms with Crippen LogP contribution in [0.2, 0.25) is 15.2 Å². The Morgan fingerprint density at radius 1 is 1.27 bits per heavy atom. The maximum absolute atomic E-state index is 9.62. The van der Waals surface area contributed by atoms with Gasteiger partial charge in [-0.25, -0.2) is 4.98 Å². The van der Waals surface area contributed by atoms with E-state index in [2.05, 4.69) is 15.5 Å². The van der Waals surface area contributed by atoms with Gasteiger partial charge in [-0.05, 0) is 36.8 Å². The number of hydrogen-bond acceptors (Lipinski definition) is 5. The smallest absolute Gasteiger partial charge is 0.166 e. The number of hydrogen-bond donors (Lipinski definition) is 2. The zero-order valence-corrected chi connectivity index (χ0v) is 13.7. The predicted molar refractivity (Wildman–Crippen MR) is 89.8 cm³/mol. The van der Waals surface area contributed by atoms with Gasteiger partial charge in [-0.3, -0.25) is 5.43 Å². The van der Waals surface area contributed by atoms with Gasteiger partial charge in [0.05, 0.1) is 22.9 Å². The molecule has 1 heterocycles. The summed E-state index contributed by atoms with van der Waals surface area (Å²) >= 11 is 17.6. The summed E-state index contributed by atoms with van der Waals surface area (Å²) in [5.74, 6) is 0.745. The normalized spacial score (nSPS) is 10.9. The van der Waals surface area contributed by atoms with E-state index in [0.717, 1.165) is 5.56 Å². The number of aromatic nitrogens is 1. The van der Waals surface area contributed by atoms with E-state index in [1.54, 1.807) is 12.1 Å². The summed E-state index contributed by atoms with van der Waals surface area (Å²) < 4.78 is 5.29. The van der Waals surface area contributed by atoms with Gasteiger partial charge in [0.1, 0.15) is 5.15 Å². The number of halogens is 3. The monoisotopic (exact) mass is 359 g/mol. The van der Waals surface area contributed by atoms with Crippen molar-refractivity contribution < 1.29 is 9.84 Å². The molecule has 0 fully saturated rings. The number of nitrogens with one attached hydrogen (secondary N) is 1. The summed E-state index contributed by atoms with van der Waals surface area (Å²) in [6, 6.07) is 6.35. The molecule has 1 aromatic heterocycles. The van der Waals surface area contributed by atoms with Crippen LogP contribution in [-0.2, 0) is 0 Å². The van der Waals surface area contributed by atoms with Gasteiger partial charge in [0, 0.05) is 0 Å². The minimum absolute atomic E-state index is 0.0705. The van der Waals surface area contributed by atoms with Gasteiger partial charge >= 0.3 is 0 Å². The van der Waals surface area contributed by atoms with Crippen LogP contribution >= 0.6 is 34.8 Å². The van der Waals surface area contributed by atoms with Gasteiger partial charge in [0.2, 0.25) is 0 Å². The molecule has 0 saturated heterocycles. The number of pyridine rings is 1. The van der Waals surface area contributed by atoms with Crippen LogP contribution < -0.4 is 10.2 Å². The molecule has 1 aromatic carbocycles. The fraction of sp³-hybridized carbons (Fsp3) is 0.143. The Kier molecular flexibility index (Phi) is 5.71. The molecule has 2 rings (SSSR count). The highest BCUT2D eigenvalue weighted by Crippen LogP contribution is 2.29. The van der Waals surface area contributed by atoms with Crippen molar-refractivity contribution in [3.05, 3.63) is 45.0 Å². The minimum Gasteiger partial charge on any atom is -0.504 e. The summed E-state index contributed by atoms with van der Waals surface area (Å²) in [4.78, 5) is 3.98. The zero-order chi connectivity index (χ0) is 16.1. The van der Waals surface area contributed by atoms with Crippen LogP contribution in [0.25, 0.3) is 0 Å². The molecule has 0 spiro atoms. The molecule has 2 aromatic rings. The Bertz CT molecular complexity index is 708. The number of benzene rings is 1. The van der Waals surface area contributed by atoms with E-state index in [-0.39, 0.29) is 21.7 Å². The average Bonchev–Trinajstić information content (AvgIpc) is 2.48. The summed E-state index contributed by atoms with van der Waals surface area (Å²) in [5, 5.41) is 14.3. The first kappa shape index (κ1) is 16.7. The van der Waals surface area contributed by atoms with Crippen molar-refractivity contribution in [1.29, 1.82) is 0 Å². The Hall–Kier alpha value is -1.69. The van der Waals surface area contributed by atoms with Gasteiger partial charge in [-0.15, -0.1) is 0 Å². The first-order valence-corrected chi connectivity index (χ1v) is 7.41. The first-order chi connectivity index (χ1) is 10.5. The summed E-state index contributed by atoms with van der Waals surface area (Å²) in [6.45, 7) is 2.29. The molecular weight excluding hydrogens is 349 g/mol. The molecule has 0 aliphatic rings. The number of anilines is 1. The second-order valence-corrected chi connectivity index (χ2v) is 5.29. The van der Waals surface area contributed by atoms with E-state index in [1.807, 2.05) is 6.92 Å². The number of aromatic hydroxyl groups is 1. The van der Waals surface area contributed by atoms with Crippen LogP contribution in [0, 0.1) is 0 Å². The second-order valence-electron chi connectivity index (χ2n) is 4.12. The molecule has 0 atom stereocenters. The second kappa shape index (κ2) is 7.54. The summed E-state index contributed by atoms with van der Waals surface area (Å²) in [6.07, 6.45) is 1.53. The van der Waals surface area contributed by atoms with Gasteiger partial charge in [-0.1, -0.05) is 34.8 Å². The predicted octanol–water partition coefficient (Wildman–Crippen LogP) is 4.59. The Labute approximate surface area is 142 Å². The van der Waals surface area contributed by atoms with E-state index in [1.165, 1.54) is 18.3 Å². The molecule has 22 heavy (non-hydrogen) atoms. The maximum atomic E-state index is 9.62. The highest BCUT2D eigenvalue weighted by Gasteiger charge is 2.07. The van der Waals surface area contributed by atoms with Crippen LogP contribution in [0.1, 0.15) is 12.5 Å². The third-order valence-corrected chi connectivity index (χ3v) is 3.52. The SMILES string of the molecule is CCOc1cc(C=NNc2nc(Cl)c(Cl)cc2Cl)ccc1O. The van der Waals surface area contributed by atoms with E-state index in [0.29, 0.717) is 17.4 Å². The number of ether oxygens (including phenoxy) is 1. The van der Waals surface area contributed by atoms with E-state index < -0.39 is 0 Å². The van der Waals surface area contributed by atoms with Crippen molar-refractivity contribution in [3.63, 3.8) is 0 Å². The van der Waals surface area contributed by atoms with Crippen LogP contribution in [0.15, 0.2) is 29.4 Å². The van der Waals surface area contributed by atoms with E-state index in [9.17, 15) is 5.11 Å². The highest BCUT2D eigenvalue weighted by atomic mass is 35.5. The van der Waals surface area contributed by atoms with Crippen molar-refractivity contribution in [3.8, 4) is 11.5 Å². The summed E-state index contributed by atoms with van der Waals surface area (Å²) in [7, 11) is 0. The molecule has 0 bridgehead atoms.